The molecule has 0 radical (unpaired) electrons. The average Bonchev–Trinajstić information content (AvgIpc) is 2.78. The highest BCUT2D eigenvalue weighted by atomic mass is 16.2. The molecule has 0 N–H and O–H groups in total. The summed E-state index contributed by atoms with van der Waals surface area (Å²) in [5.74, 6) is 0.273. The molecule has 0 saturated carbocycles. The van der Waals surface area contributed by atoms with Crippen molar-refractivity contribution in [3.63, 3.8) is 0 Å². The molecule has 2 heterocycles. The fourth-order valence-corrected chi connectivity index (χ4v) is 4.05. The molecule has 0 atom stereocenters. The van der Waals surface area contributed by atoms with Crippen LogP contribution >= 0.6 is 0 Å². The molecule has 3 aromatic rings. The number of pyridine rings is 1. The Kier molecular flexibility index (Phi) is 5.29. The van der Waals surface area contributed by atoms with Crippen molar-refractivity contribution >= 4 is 22.5 Å². The molecule has 1 aromatic heterocycles. The molecule has 0 spiro atoms. The maximum absolute atomic E-state index is 11.9. The average molecular weight is 374 g/mol. The number of amides is 1. The maximum Gasteiger partial charge on any atom is 0.222 e. The minimum atomic E-state index is 0.273. The summed E-state index contributed by atoms with van der Waals surface area (Å²) >= 11 is 0. The molecule has 1 aliphatic rings. The monoisotopic (exact) mass is 373 g/mol. The van der Waals surface area contributed by atoms with Gasteiger partial charge in [0.25, 0.3) is 0 Å². The van der Waals surface area contributed by atoms with Crippen LogP contribution in [0, 0.1) is 0 Å². The van der Waals surface area contributed by atoms with Crippen molar-refractivity contribution in [2.75, 3.05) is 25.0 Å². The van der Waals surface area contributed by atoms with Crippen LogP contribution in [0.1, 0.15) is 26.2 Å². The first-order valence-corrected chi connectivity index (χ1v) is 10.1. The van der Waals surface area contributed by atoms with Crippen molar-refractivity contribution in [1.29, 1.82) is 0 Å². The highest BCUT2D eigenvalue weighted by Gasteiger charge is 2.24. The van der Waals surface area contributed by atoms with E-state index in [1.54, 1.807) is 0 Å². The number of para-hydroxylation sites is 1. The number of likely N-dealkylation sites (tertiary alicyclic amines) is 1. The van der Waals surface area contributed by atoms with Gasteiger partial charge in [-0.2, -0.15) is 0 Å². The summed E-state index contributed by atoms with van der Waals surface area (Å²) < 4.78 is 0. The quantitative estimate of drug-likeness (QED) is 0.663. The van der Waals surface area contributed by atoms with E-state index in [9.17, 15) is 4.79 Å². The van der Waals surface area contributed by atoms with Crippen LogP contribution in [0.2, 0.25) is 0 Å². The van der Waals surface area contributed by atoms with E-state index in [2.05, 4.69) is 53.3 Å². The Morgan fingerprint density at radius 3 is 2.50 bits per heavy atom. The molecule has 1 fully saturated rings. The van der Waals surface area contributed by atoms with Gasteiger partial charge in [-0.1, -0.05) is 37.3 Å². The second-order valence-corrected chi connectivity index (χ2v) is 7.54. The largest absolute Gasteiger partial charge is 0.371 e. The lowest BCUT2D eigenvalue weighted by atomic mass is 10.0. The third kappa shape index (κ3) is 3.72. The zero-order chi connectivity index (χ0) is 19.5. The molecule has 28 heavy (non-hydrogen) atoms. The minimum absolute atomic E-state index is 0.273. The number of carbonyl (C=O) groups is 1. The van der Waals surface area contributed by atoms with Crippen molar-refractivity contribution in [3.8, 4) is 11.1 Å². The molecule has 2 aromatic carbocycles. The lowest BCUT2D eigenvalue weighted by molar-refractivity contribution is -0.131. The van der Waals surface area contributed by atoms with Crippen LogP contribution in [-0.2, 0) is 4.79 Å². The normalized spacial score (nSPS) is 15.0. The van der Waals surface area contributed by atoms with E-state index in [0.29, 0.717) is 12.5 Å². The van der Waals surface area contributed by atoms with E-state index in [1.807, 2.05) is 36.2 Å². The maximum atomic E-state index is 11.9. The van der Waals surface area contributed by atoms with Crippen LogP contribution in [0.5, 0.6) is 0 Å². The Morgan fingerprint density at radius 2 is 1.79 bits per heavy atom. The van der Waals surface area contributed by atoms with E-state index in [0.717, 1.165) is 42.4 Å². The highest BCUT2D eigenvalue weighted by Crippen LogP contribution is 2.27. The number of benzene rings is 2. The number of aromatic nitrogens is 1. The number of piperidine rings is 1. The van der Waals surface area contributed by atoms with Crippen molar-refractivity contribution in [2.24, 2.45) is 0 Å². The number of carbonyl (C=O) groups excluding carboxylic acids is 1. The lowest BCUT2D eigenvalue weighted by Gasteiger charge is -2.37. The van der Waals surface area contributed by atoms with Gasteiger partial charge in [0.05, 0.1) is 5.52 Å². The Bertz CT molecular complexity index is 959. The molecule has 0 bridgehead atoms. The van der Waals surface area contributed by atoms with Crippen LogP contribution in [0.3, 0.4) is 0 Å². The number of hydrogen-bond donors (Lipinski definition) is 0. The number of hydrogen-bond acceptors (Lipinski definition) is 3. The van der Waals surface area contributed by atoms with E-state index < -0.39 is 0 Å². The smallest absolute Gasteiger partial charge is 0.222 e. The summed E-state index contributed by atoms with van der Waals surface area (Å²) in [7, 11) is 2.16. The molecule has 4 heteroatoms. The summed E-state index contributed by atoms with van der Waals surface area (Å²) in [5, 5.41) is 1.16. The summed E-state index contributed by atoms with van der Waals surface area (Å²) in [6.07, 6.45) is 4.60. The summed E-state index contributed by atoms with van der Waals surface area (Å²) in [6, 6.07) is 19.6. The van der Waals surface area contributed by atoms with E-state index in [4.69, 9.17) is 0 Å². The molecular weight excluding hydrogens is 346 g/mol. The van der Waals surface area contributed by atoms with Gasteiger partial charge in [0.1, 0.15) is 0 Å². The van der Waals surface area contributed by atoms with Crippen molar-refractivity contribution in [3.05, 3.63) is 60.8 Å². The van der Waals surface area contributed by atoms with Gasteiger partial charge < -0.3 is 9.80 Å². The third-order valence-corrected chi connectivity index (χ3v) is 5.87. The molecule has 4 rings (SSSR count). The number of rotatable bonds is 4. The summed E-state index contributed by atoms with van der Waals surface area (Å²) in [5.41, 5.74) is 4.56. The lowest BCUT2D eigenvalue weighted by Crippen LogP contribution is -2.45. The first-order valence-electron chi connectivity index (χ1n) is 10.1. The highest BCUT2D eigenvalue weighted by molar-refractivity contribution is 5.83. The molecule has 1 aliphatic heterocycles. The van der Waals surface area contributed by atoms with Gasteiger partial charge in [-0.25, -0.2) is 0 Å². The number of nitrogens with zero attached hydrogens (tertiary/aromatic N) is 3. The molecule has 1 amide bonds. The van der Waals surface area contributed by atoms with E-state index in [1.165, 1.54) is 11.3 Å². The van der Waals surface area contributed by atoms with Crippen LogP contribution in [-0.4, -0.2) is 42.0 Å². The number of fused-ring (bicyclic) bond motifs is 1. The Labute approximate surface area is 166 Å². The van der Waals surface area contributed by atoms with E-state index in [-0.39, 0.29) is 5.91 Å². The van der Waals surface area contributed by atoms with Crippen LogP contribution in [0.25, 0.3) is 22.0 Å². The van der Waals surface area contributed by atoms with Crippen molar-refractivity contribution < 1.29 is 4.79 Å². The zero-order valence-electron chi connectivity index (χ0n) is 16.6. The van der Waals surface area contributed by atoms with Crippen LogP contribution in [0.15, 0.2) is 60.8 Å². The van der Waals surface area contributed by atoms with Gasteiger partial charge in [0, 0.05) is 55.4 Å². The molecule has 0 aliphatic carbocycles. The second kappa shape index (κ2) is 8.01. The Hall–Kier alpha value is -2.88. The summed E-state index contributed by atoms with van der Waals surface area (Å²) in [4.78, 5) is 20.8. The third-order valence-electron chi connectivity index (χ3n) is 5.87. The minimum Gasteiger partial charge on any atom is -0.371 e. The predicted molar refractivity (Wildman–Crippen MR) is 115 cm³/mol. The molecule has 1 saturated heterocycles. The topological polar surface area (TPSA) is 36.4 Å². The van der Waals surface area contributed by atoms with Gasteiger partial charge in [0.15, 0.2) is 0 Å². The fourth-order valence-electron chi connectivity index (χ4n) is 4.05. The molecule has 144 valence electrons. The first kappa shape index (κ1) is 18.5. The van der Waals surface area contributed by atoms with Gasteiger partial charge in [-0.3, -0.25) is 9.78 Å². The SMILES string of the molecule is CCC(=O)N1CCC(N(C)c2ccc(-c3cnc4ccccc4c3)cc2)CC1. The molecule has 0 unspecified atom stereocenters. The van der Waals surface area contributed by atoms with Gasteiger partial charge in [-0.15, -0.1) is 0 Å². The van der Waals surface area contributed by atoms with Crippen molar-refractivity contribution in [1.82, 2.24) is 9.88 Å². The molecular formula is C24H27N3O. The fraction of sp³-hybridized carbons (Fsp3) is 0.333. The van der Waals surface area contributed by atoms with E-state index >= 15 is 0 Å². The molecule has 4 nitrogen and oxygen atoms in total. The Morgan fingerprint density at radius 1 is 1.07 bits per heavy atom. The predicted octanol–water partition coefficient (Wildman–Crippen LogP) is 4.74. The summed E-state index contributed by atoms with van der Waals surface area (Å²) in [6.45, 7) is 3.66. The van der Waals surface area contributed by atoms with Gasteiger partial charge in [-0.05, 0) is 42.7 Å². The second-order valence-electron chi connectivity index (χ2n) is 7.54. The van der Waals surface area contributed by atoms with Gasteiger partial charge >= 0.3 is 0 Å². The first-order chi connectivity index (χ1) is 13.7. The standard InChI is InChI=1S/C24H27N3O/c1-3-24(28)27-14-12-22(13-15-27)26(2)21-10-8-18(9-11-21)20-16-19-6-4-5-7-23(19)25-17-20/h4-11,16-17,22H,3,12-15H2,1-2H3. The zero-order valence-corrected chi connectivity index (χ0v) is 16.6. The van der Waals surface area contributed by atoms with Crippen LogP contribution in [0.4, 0.5) is 5.69 Å². The van der Waals surface area contributed by atoms with Gasteiger partial charge in [0.2, 0.25) is 5.91 Å². The van der Waals surface area contributed by atoms with Crippen LogP contribution < -0.4 is 4.90 Å². The Balaban J connectivity index is 1.46. The number of anilines is 1. The van der Waals surface area contributed by atoms with Crippen molar-refractivity contribution in [2.45, 2.75) is 32.2 Å².